The molecule has 32 heavy (non-hydrogen) atoms. The summed E-state index contributed by atoms with van der Waals surface area (Å²) in [6.45, 7) is 1.74. The van der Waals surface area contributed by atoms with Crippen molar-refractivity contribution in [2.24, 2.45) is 0 Å². The summed E-state index contributed by atoms with van der Waals surface area (Å²) >= 11 is 12.2. The Morgan fingerprint density at radius 2 is 2.06 bits per heavy atom. The number of alkyl halides is 2. The topological polar surface area (TPSA) is 78.0 Å². The van der Waals surface area contributed by atoms with Gasteiger partial charge in [-0.25, -0.2) is 18.2 Å². The number of anilines is 1. The fourth-order valence-corrected chi connectivity index (χ4v) is 4.36. The molecule has 0 amide bonds. The number of piperidine rings is 1. The molecule has 170 valence electrons. The first-order valence-electron chi connectivity index (χ1n) is 9.86. The highest BCUT2D eigenvalue weighted by Gasteiger charge is 2.43. The summed E-state index contributed by atoms with van der Waals surface area (Å²) in [5.74, 6) is -3.22. The maximum atomic E-state index is 14.3. The second kappa shape index (κ2) is 8.80. The number of aromatic nitrogens is 3. The molecule has 2 aromatic heterocycles. The number of nitrogens with two attached hydrogens (primary N) is 1. The molecule has 0 aliphatic carbocycles. The van der Waals surface area contributed by atoms with Gasteiger partial charge >= 0.3 is 0 Å². The highest BCUT2D eigenvalue weighted by molar-refractivity contribution is 6.36. The molecule has 1 unspecified atom stereocenters. The normalized spacial score (nSPS) is 19.0. The van der Waals surface area contributed by atoms with Crippen molar-refractivity contribution in [2.75, 3.05) is 18.8 Å². The minimum absolute atomic E-state index is 0.0986. The van der Waals surface area contributed by atoms with Crippen molar-refractivity contribution in [3.8, 4) is 16.9 Å². The van der Waals surface area contributed by atoms with E-state index in [2.05, 4.69) is 15.4 Å². The maximum absolute atomic E-state index is 14.3. The molecule has 1 aliphatic heterocycles. The number of nitrogen functional groups attached to an aromatic ring is 1. The summed E-state index contributed by atoms with van der Waals surface area (Å²) < 4.78 is 49.6. The molecule has 0 bridgehead atoms. The molecule has 3 heterocycles. The Bertz CT molecular complexity index is 1140. The van der Waals surface area contributed by atoms with Crippen LogP contribution in [0.1, 0.15) is 31.1 Å². The van der Waals surface area contributed by atoms with Crippen LogP contribution in [0.15, 0.2) is 36.8 Å². The number of hydrogen-bond acceptors (Lipinski definition) is 5. The molecule has 4 rings (SSSR count). The minimum atomic E-state index is -2.91. The van der Waals surface area contributed by atoms with Crippen LogP contribution in [0.2, 0.25) is 10.0 Å². The van der Waals surface area contributed by atoms with Gasteiger partial charge in [0.1, 0.15) is 18.0 Å². The average molecular weight is 486 g/mol. The van der Waals surface area contributed by atoms with Crippen molar-refractivity contribution in [3.63, 3.8) is 0 Å². The number of rotatable bonds is 5. The van der Waals surface area contributed by atoms with E-state index in [1.54, 1.807) is 19.2 Å². The first kappa shape index (κ1) is 22.7. The van der Waals surface area contributed by atoms with Gasteiger partial charge in [-0.1, -0.05) is 23.2 Å². The first-order chi connectivity index (χ1) is 15.2. The zero-order valence-corrected chi connectivity index (χ0v) is 18.5. The molecule has 3 N–H and O–H groups in total. The second-order valence-electron chi connectivity index (χ2n) is 7.58. The summed E-state index contributed by atoms with van der Waals surface area (Å²) in [6.07, 6.45) is 4.05. The van der Waals surface area contributed by atoms with Crippen LogP contribution in [0, 0.1) is 5.82 Å². The first-order valence-corrected chi connectivity index (χ1v) is 10.6. The monoisotopic (exact) mass is 485 g/mol. The van der Waals surface area contributed by atoms with Gasteiger partial charge in [0.05, 0.1) is 17.8 Å². The van der Waals surface area contributed by atoms with Gasteiger partial charge in [-0.15, -0.1) is 0 Å². The van der Waals surface area contributed by atoms with Gasteiger partial charge in [-0.05, 0) is 38.1 Å². The van der Waals surface area contributed by atoms with E-state index in [-0.39, 0.29) is 33.6 Å². The van der Waals surface area contributed by atoms with E-state index in [1.807, 2.05) is 0 Å². The lowest BCUT2D eigenvalue weighted by molar-refractivity contribution is -0.0697. The van der Waals surface area contributed by atoms with Crippen molar-refractivity contribution in [2.45, 2.75) is 31.4 Å². The molecule has 0 saturated carbocycles. The van der Waals surface area contributed by atoms with Crippen LogP contribution in [0.5, 0.6) is 5.75 Å². The maximum Gasteiger partial charge on any atom is 0.282 e. The number of nitrogens with one attached hydrogen (secondary N) is 1. The van der Waals surface area contributed by atoms with Gasteiger partial charge in [0.2, 0.25) is 0 Å². The zero-order valence-electron chi connectivity index (χ0n) is 17.0. The van der Waals surface area contributed by atoms with E-state index in [0.29, 0.717) is 17.7 Å². The molecule has 1 aliphatic rings. The van der Waals surface area contributed by atoms with Gasteiger partial charge in [-0.3, -0.25) is 4.68 Å². The number of nitrogens with zero attached hydrogens (tertiary/aromatic N) is 3. The Hall–Kier alpha value is -2.49. The van der Waals surface area contributed by atoms with Gasteiger partial charge in [0.15, 0.2) is 11.6 Å². The third-order valence-electron chi connectivity index (χ3n) is 5.37. The van der Waals surface area contributed by atoms with Crippen LogP contribution >= 0.6 is 23.2 Å². The minimum Gasteiger partial charge on any atom is -0.482 e. The highest BCUT2D eigenvalue weighted by Crippen LogP contribution is 2.38. The predicted molar refractivity (Wildman–Crippen MR) is 117 cm³/mol. The van der Waals surface area contributed by atoms with E-state index in [1.165, 1.54) is 29.2 Å². The summed E-state index contributed by atoms with van der Waals surface area (Å²) in [4.78, 5) is 4.13. The molecule has 0 radical (unpaired) electrons. The fourth-order valence-electron chi connectivity index (χ4n) is 3.68. The highest BCUT2D eigenvalue weighted by atomic mass is 35.5. The van der Waals surface area contributed by atoms with Gasteiger partial charge in [0.25, 0.3) is 5.92 Å². The Labute approximate surface area is 192 Å². The third-order valence-corrected chi connectivity index (χ3v) is 6.08. The molecule has 6 nitrogen and oxygen atoms in total. The van der Waals surface area contributed by atoms with E-state index in [4.69, 9.17) is 33.7 Å². The number of pyridine rings is 1. The van der Waals surface area contributed by atoms with Crippen molar-refractivity contribution < 1.29 is 17.9 Å². The number of ether oxygens (including phenoxy) is 1. The Balaban J connectivity index is 1.60. The quantitative estimate of drug-likeness (QED) is 0.480. The van der Waals surface area contributed by atoms with Gasteiger partial charge < -0.3 is 15.8 Å². The molecule has 1 saturated heterocycles. The Morgan fingerprint density at radius 1 is 1.28 bits per heavy atom. The van der Waals surface area contributed by atoms with Crippen LogP contribution in [0.25, 0.3) is 11.1 Å². The standard InChI is InChI=1S/C21H20Cl2F3N5O/c1-11(18-14(22)2-3-15(24)19(18)23)32-16-6-12(7-29-20(16)27)13-8-30-31(9-13)17-4-5-28-10-21(17,25)26/h2-3,6-9,11,17,28H,4-5,10H2,1H3,(H2,27,29)/t11-,17?/m1/s1. The molecule has 0 spiro atoms. The average Bonchev–Trinajstić information content (AvgIpc) is 3.22. The molecular weight excluding hydrogens is 466 g/mol. The molecule has 2 atom stereocenters. The zero-order chi connectivity index (χ0) is 23.0. The number of hydrogen-bond donors (Lipinski definition) is 2. The molecule has 1 aromatic carbocycles. The van der Waals surface area contributed by atoms with Crippen molar-refractivity contribution in [1.82, 2.24) is 20.1 Å². The summed E-state index contributed by atoms with van der Waals surface area (Å²) in [5, 5.41) is 6.94. The molecule has 11 heteroatoms. The van der Waals surface area contributed by atoms with Crippen LogP contribution in [0.3, 0.4) is 0 Å². The number of benzene rings is 1. The van der Waals surface area contributed by atoms with Crippen molar-refractivity contribution >= 4 is 29.0 Å². The van der Waals surface area contributed by atoms with Crippen LogP contribution in [-0.4, -0.2) is 33.8 Å². The Morgan fingerprint density at radius 3 is 2.81 bits per heavy atom. The largest absolute Gasteiger partial charge is 0.482 e. The van der Waals surface area contributed by atoms with E-state index in [9.17, 15) is 13.2 Å². The third kappa shape index (κ3) is 4.37. The summed E-state index contributed by atoms with van der Waals surface area (Å²) in [5.41, 5.74) is 7.38. The summed E-state index contributed by atoms with van der Waals surface area (Å²) in [7, 11) is 0. The van der Waals surface area contributed by atoms with Crippen LogP contribution < -0.4 is 15.8 Å². The van der Waals surface area contributed by atoms with E-state index >= 15 is 0 Å². The van der Waals surface area contributed by atoms with Crippen LogP contribution in [-0.2, 0) is 0 Å². The van der Waals surface area contributed by atoms with Crippen molar-refractivity contribution in [1.29, 1.82) is 0 Å². The summed E-state index contributed by atoms with van der Waals surface area (Å²) in [6, 6.07) is 3.14. The fraction of sp³-hybridized carbons (Fsp3) is 0.333. The molecule has 3 aromatic rings. The lowest BCUT2D eigenvalue weighted by Gasteiger charge is -2.31. The molecule has 1 fully saturated rings. The number of halogens is 5. The second-order valence-corrected chi connectivity index (χ2v) is 8.36. The van der Waals surface area contributed by atoms with Crippen LogP contribution in [0.4, 0.5) is 19.0 Å². The molecular formula is C21H20Cl2F3N5O. The SMILES string of the molecule is C[C@@H](Oc1cc(-c2cnn(C3CCNCC3(F)F)c2)cnc1N)c1c(Cl)ccc(F)c1Cl. The van der Waals surface area contributed by atoms with E-state index < -0.39 is 30.4 Å². The Kier molecular flexibility index (Phi) is 6.24. The van der Waals surface area contributed by atoms with Gasteiger partial charge in [-0.2, -0.15) is 5.10 Å². The lowest BCUT2D eigenvalue weighted by atomic mass is 10.0. The lowest BCUT2D eigenvalue weighted by Crippen LogP contribution is -2.47. The smallest absolute Gasteiger partial charge is 0.282 e. The van der Waals surface area contributed by atoms with Crippen molar-refractivity contribution in [3.05, 3.63) is 58.2 Å². The van der Waals surface area contributed by atoms with E-state index in [0.717, 1.165) is 0 Å². The van der Waals surface area contributed by atoms with Gasteiger partial charge in [0, 0.05) is 34.1 Å². The predicted octanol–water partition coefficient (Wildman–Crippen LogP) is 5.28.